The molecule has 0 aliphatic heterocycles. The van der Waals surface area contributed by atoms with Crippen molar-refractivity contribution < 1.29 is 0 Å². The Hall–Kier alpha value is -3.22. The van der Waals surface area contributed by atoms with Gasteiger partial charge in [-0.3, -0.25) is 0 Å². The number of allylic oxidation sites excluding steroid dienone is 2. The van der Waals surface area contributed by atoms with Crippen LogP contribution in [0.15, 0.2) is 97.1 Å². The third kappa shape index (κ3) is 7.20. The number of aryl methyl sites for hydroxylation is 1. The van der Waals surface area contributed by atoms with Gasteiger partial charge in [0, 0.05) is 25.6 Å². The van der Waals surface area contributed by atoms with Crippen LogP contribution in [0.5, 0.6) is 0 Å². The van der Waals surface area contributed by atoms with Gasteiger partial charge >= 0.3 is 0 Å². The van der Waals surface area contributed by atoms with Gasteiger partial charge in [-0.05, 0) is 36.0 Å². The number of rotatable bonds is 9. The highest BCUT2D eigenvalue weighted by Crippen LogP contribution is 2.27. The molecule has 0 amide bonds. The Labute approximate surface area is 191 Å². The second-order valence-electron chi connectivity index (χ2n) is 7.80. The van der Waals surface area contributed by atoms with Crippen LogP contribution in [0.4, 0.5) is 0 Å². The molecule has 0 bridgehead atoms. The van der Waals surface area contributed by atoms with Crippen LogP contribution in [0.3, 0.4) is 0 Å². The molecule has 0 radical (unpaired) electrons. The maximum absolute atomic E-state index is 8.91. The van der Waals surface area contributed by atoms with Crippen molar-refractivity contribution in [1.29, 1.82) is 5.26 Å². The van der Waals surface area contributed by atoms with Gasteiger partial charge in [-0.2, -0.15) is 5.26 Å². The Bertz CT molecular complexity index is 977. The predicted molar refractivity (Wildman–Crippen MR) is 133 cm³/mol. The van der Waals surface area contributed by atoms with Gasteiger partial charge in [-0.1, -0.05) is 109 Å². The molecule has 1 atom stereocenters. The molecule has 3 heteroatoms. The van der Waals surface area contributed by atoms with Crippen molar-refractivity contribution >= 4 is 17.2 Å². The first-order chi connectivity index (χ1) is 15.2. The highest BCUT2D eigenvalue weighted by molar-refractivity contribution is 7.80. The topological polar surface area (TPSA) is 27.0 Å². The summed E-state index contributed by atoms with van der Waals surface area (Å²) < 4.78 is 0. The maximum Gasteiger partial charge on any atom is 0.0908 e. The fourth-order valence-electron chi connectivity index (χ4n) is 3.64. The summed E-state index contributed by atoms with van der Waals surface area (Å²) >= 11 is 5.99. The Morgan fingerprint density at radius 2 is 1.45 bits per heavy atom. The monoisotopic (exact) mass is 424 g/mol. The summed E-state index contributed by atoms with van der Waals surface area (Å²) in [5.41, 5.74) is 5.00. The summed E-state index contributed by atoms with van der Waals surface area (Å²) in [6.07, 6.45) is 5.08. The molecule has 3 aromatic carbocycles. The molecule has 0 saturated heterocycles. The molecular weight excluding hydrogens is 396 g/mol. The van der Waals surface area contributed by atoms with Crippen molar-refractivity contribution in [1.82, 2.24) is 4.90 Å². The van der Waals surface area contributed by atoms with Crippen LogP contribution in [0.25, 0.3) is 0 Å². The summed E-state index contributed by atoms with van der Waals surface area (Å²) in [5.74, 6) is 0.242. The van der Waals surface area contributed by atoms with Gasteiger partial charge in [0.2, 0.25) is 0 Å². The number of thiocarbonyl (C=S) groups is 1. The van der Waals surface area contributed by atoms with Crippen molar-refractivity contribution in [2.75, 3.05) is 0 Å². The van der Waals surface area contributed by atoms with Crippen LogP contribution in [0.2, 0.25) is 0 Å². The first-order valence-electron chi connectivity index (χ1n) is 10.6. The van der Waals surface area contributed by atoms with Crippen LogP contribution < -0.4 is 0 Å². The smallest absolute Gasteiger partial charge is 0.0908 e. The highest BCUT2D eigenvalue weighted by atomic mass is 32.1. The summed E-state index contributed by atoms with van der Waals surface area (Å²) in [7, 11) is 0. The number of nitrogens with zero attached hydrogens (tertiary/aromatic N) is 2. The van der Waals surface area contributed by atoms with E-state index in [0.29, 0.717) is 0 Å². The fraction of sp³-hybridized carbons (Fsp3) is 0.214. The molecule has 3 aromatic rings. The van der Waals surface area contributed by atoms with E-state index in [0.717, 1.165) is 30.9 Å². The summed E-state index contributed by atoms with van der Waals surface area (Å²) in [5, 5.41) is 8.91. The largest absolute Gasteiger partial charge is 0.357 e. The predicted octanol–water partition coefficient (Wildman–Crippen LogP) is 6.97. The molecule has 3 rings (SSSR count). The van der Waals surface area contributed by atoms with Crippen LogP contribution in [0.1, 0.15) is 41.0 Å². The van der Waals surface area contributed by atoms with Gasteiger partial charge in [-0.25, -0.2) is 0 Å². The Balaban J connectivity index is 1.81. The van der Waals surface area contributed by atoms with Gasteiger partial charge in [0.1, 0.15) is 0 Å². The van der Waals surface area contributed by atoms with Crippen molar-refractivity contribution in [2.45, 2.75) is 38.8 Å². The molecule has 31 heavy (non-hydrogen) atoms. The van der Waals surface area contributed by atoms with Crippen LogP contribution in [-0.2, 0) is 13.1 Å². The molecule has 0 saturated carbocycles. The van der Waals surface area contributed by atoms with Crippen LogP contribution >= 0.6 is 12.2 Å². The number of hydrogen-bond acceptors (Lipinski definition) is 2. The van der Waals surface area contributed by atoms with E-state index in [1.54, 1.807) is 6.08 Å². The molecule has 0 aliphatic carbocycles. The van der Waals surface area contributed by atoms with Crippen molar-refractivity contribution in [2.24, 2.45) is 0 Å². The number of hydrogen-bond donors (Lipinski definition) is 0. The van der Waals surface area contributed by atoms with E-state index in [1.807, 2.05) is 18.2 Å². The molecule has 156 valence electrons. The second kappa shape index (κ2) is 11.8. The van der Waals surface area contributed by atoms with Gasteiger partial charge in [0.25, 0.3) is 0 Å². The molecule has 0 aromatic heterocycles. The van der Waals surface area contributed by atoms with E-state index < -0.39 is 0 Å². The highest BCUT2D eigenvalue weighted by Gasteiger charge is 2.18. The zero-order chi connectivity index (χ0) is 21.9. The lowest BCUT2D eigenvalue weighted by atomic mass is 9.91. The molecule has 0 fully saturated rings. The quantitative estimate of drug-likeness (QED) is 0.274. The minimum absolute atomic E-state index is 0.242. The van der Waals surface area contributed by atoms with Crippen LogP contribution in [-0.4, -0.2) is 9.89 Å². The average Bonchev–Trinajstić information content (AvgIpc) is 2.80. The number of benzene rings is 3. The molecule has 0 unspecified atom stereocenters. The first kappa shape index (κ1) is 22.5. The van der Waals surface area contributed by atoms with E-state index in [9.17, 15) is 0 Å². The van der Waals surface area contributed by atoms with E-state index in [1.165, 1.54) is 22.3 Å². The maximum atomic E-state index is 8.91. The molecule has 0 heterocycles. The number of nitriles is 1. The molecule has 2 nitrogen and oxygen atoms in total. The van der Waals surface area contributed by atoms with E-state index in [2.05, 4.69) is 90.7 Å². The van der Waals surface area contributed by atoms with Crippen LogP contribution in [0, 0.1) is 18.3 Å². The van der Waals surface area contributed by atoms with E-state index in [-0.39, 0.29) is 5.92 Å². The molecule has 0 spiro atoms. The summed E-state index contributed by atoms with van der Waals surface area (Å²) in [4.78, 5) is 3.25. The van der Waals surface area contributed by atoms with Gasteiger partial charge in [0.15, 0.2) is 0 Å². The minimum atomic E-state index is 0.242. The second-order valence-corrected chi connectivity index (χ2v) is 8.27. The lowest BCUT2D eigenvalue weighted by Crippen LogP contribution is -2.30. The summed E-state index contributed by atoms with van der Waals surface area (Å²) in [6.45, 7) is 3.66. The third-order valence-corrected chi connectivity index (χ3v) is 5.79. The van der Waals surface area contributed by atoms with Crippen molar-refractivity contribution in [3.8, 4) is 6.07 Å². The average molecular weight is 425 g/mol. The zero-order valence-corrected chi connectivity index (χ0v) is 18.8. The lowest BCUT2D eigenvalue weighted by molar-refractivity contribution is 0.401. The standard InChI is InChI=1S/C28H28N2S/c1-23-15-17-26(18-16-23)27(14-8-9-19-29)20-28(31)30(21-24-10-4-2-5-11-24)22-25-12-6-3-7-13-25/h2-13,15-18,27H,14,20-22H2,1H3/b9-8-/t27-/m1/s1. The third-order valence-electron chi connectivity index (χ3n) is 5.37. The Morgan fingerprint density at radius 1 is 0.903 bits per heavy atom. The molecule has 0 N–H and O–H groups in total. The normalized spacial score (nSPS) is 11.7. The molecular formula is C28H28N2S. The van der Waals surface area contributed by atoms with E-state index in [4.69, 9.17) is 17.5 Å². The van der Waals surface area contributed by atoms with Crippen molar-refractivity contribution in [3.63, 3.8) is 0 Å². The fourth-order valence-corrected chi connectivity index (χ4v) is 3.97. The molecule has 0 aliphatic rings. The summed E-state index contributed by atoms with van der Waals surface area (Å²) in [6, 6.07) is 31.7. The SMILES string of the molecule is Cc1ccc([C@H](C/C=C\C#N)CC(=S)N(Cc2ccccc2)Cc2ccccc2)cc1. The van der Waals surface area contributed by atoms with Gasteiger partial charge in [0.05, 0.1) is 11.1 Å². The van der Waals surface area contributed by atoms with E-state index >= 15 is 0 Å². The minimum Gasteiger partial charge on any atom is -0.357 e. The van der Waals surface area contributed by atoms with Gasteiger partial charge in [-0.15, -0.1) is 0 Å². The zero-order valence-electron chi connectivity index (χ0n) is 17.9. The van der Waals surface area contributed by atoms with Crippen molar-refractivity contribution in [3.05, 3.63) is 119 Å². The lowest BCUT2D eigenvalue weighted by Gasteiger charge is -2.28. The Kier molecular flexibility index (Phi) is 8.58. The first-order valence-corrected chi connectivity index (χ1v) is 11.0. The Morgan fingerprint density at radius 3 is 1.97 bits per heavy atom. The van der Waals surface area contributed by atoms with Gasteiger partial charge < -0.3 is 4.90 Å².